The molecule has 0 aromatic heterocycles. The van der Waals surface area contributed by atoms with Crippen LogP contribution >= 0.6 is 0 Å². The van der Waals surface area contributed by atoms with Gasteiger partial charge in [-0.1, -0.05) is 0 Å². The number of alkyl halides is 1. The molecule has 0 saturated heterocycles. The number of carbonyl (C=O) groups excluding carboxylic acids is 1. The first-order valence-corrected chi connectivity index (χ1v) is 6.19. The topological polar surface area (TPSA) is 50.4 Å². The first-order valence-electron chi connectivity index (χ1n) is 6.19. The van der Waals surface area contributed by atoms with Crippen molar-refractivity contribution >= 4 is 6.09 Å². The Balaban J connectivity index is 2.23. The molecule has 2 N–H and O–H groups in total. The van der Waals surface area contributed by atoms with Gasteiger partial charge in [0, 0.05) is 18.6 Å². The molecule has 0 spiro atoms. The van der Waals surface area contributed by atoms with Gasteiger partial charge in [0.05, 0.1) is 0 Å². The van der Waals surface area contributed by atoms with E-state index in [0.717, 1.165) is 19.3 Å². The Kier molecular flexibility index (Phi) is 5.18. The van der Waals surface area contributed by atoms with Gasteiger partial charge in [-0.3, -0.25) is 0 Å². The second-order valence-corrected chi connectivity index (χ2v) is 5.50. The quantitative estimate of drug-likeness (QED) is 0.797. The number of amides is 1. The van der Waals surface area contributed by atoms with Gasteiger partial charge in [-0.25, -0.2) is 9.18 Å². The molecule has 2 unspecified atom stereocenters. The number of rotatable bonds is 4. The third kappa shape index (κ3) is 5.86. The van der Waals surface area contributed by atoms with Gasteiger partial charge in [0.2, 0.25) is 0 Å². The first kappa shape index (κ1) is 14.2. The van der Waals surface area contributed by atoms with Crippen LogP contribution in [0.3, 0.4) is 0 Å². The number of hydrogen-bond acceptors (Lipinski definition) is 3. The van der Waals surface area contributed by atoms with E-state index in [4.69, 9.17) is 4.74 Å². The summed E-state index contributed by atoms with van der Waals surface area (Å²) < 4.78 is 17.2. The van der Waals surface area contributed by atoms with Crippen molar-refractivity contribution in [1.82, 2.24) is 10.6 Å². The highest BCUT2D eigenvalue weighted by Crippen LogP contribution is 2.19. The molecule has 1 fully saturated rings. The molecule has 17 heavy (non-hydrogen) atoms. The van der Waals surface area contributed by atoms with E-state index in [1.54, 1.807) is 0 Å². The molecule has 0 radical (unpaired) electrons. The van der Waals surface area contributed by atoms with Crippen molar-refractivity contribution in [3.63, 3.8) is 0 Å². The maximum absolute atomic E-state index is 12.0. The van der Waals surface area contributed by atoms with Gasteiger partial charge in [0.25, 0.3) is 0 Å². The second-order valence-electron chi connectivity index (χ2n) is 5.50. The Morgan fingerprint density at radius 1 is 1.35 bits per heavy atom. The van der Waals surface area contributed by atoms with Crippen LogP contribution in [-0.2, 0) is 4.74 Å². The van der Waals surface area contributed by atoms with Crippen molar-refractivity contribution in [1.29, 1.82) is 0 Å². The number of nitrogens with one attached hydrogen (secondary N) is 2. The van der Waals surface area contributed by atoms with Crippen molar-refractivity contribution in [3.05, 3.63) is 0 Å². The van der Waals surface area contributed by atoms with E-state index in [0.29, 0.717) is 12.6 Å². The zero-order valence-electron chi connectivity index (χ0n) is 10.9. The van der Waals surface area contributed by atoms with Crippen LogP contribution in [0.1, 0.15) is 40.0 Å². The summed E-state index contributed by atoms with van der Waals surface area (Å²) in [6.07, 6.45) is 2.37. The van der Waals surface area contributed by atoms with Crippen LogP contribution in [0.2, 0.25) is 0 Å². The summed E-state index contributed by atoms with van der Waals surface area (Å²) in [5.74, 6) is 0. The summed E-state index contributed by atoms with van der Waals surface area (Å²) in [6.45, 7) is 5.57. The number of carbonyl (C=O) groups is 1. The Morgan fingerprint density at radius 2 is 2.00 bits per heavy atom. The lowest BCUT2D eigenvalue weighted by atomic mass is 10.2. The normalized spacial score (nSPS) is 24.7. The molecular formula is C12H23FN2O2. The number of alkyl carbamates (subject to hydrolysis) is 1. The van der Waals surface area contributed by atoms with Gasteiger partial charge in [0.1, 0.15) is 12.3 Å². The Bertz CT molecular complexity index is 253. The van der Waals surface area contributed by atoms with E-state index >= 15 is 0 Å². The monoisotopic (exact) mass is 246 g/mol. The maximum atomic E-state index is 12.0. The maximum Gasteiger partial charge on any atom is 0.407 e. The van der Waals surface area contributed by atoms with E-state index in [9.17, 15) is 9.18 Å². The Hall–Kier alpha value is -0.840. The summed E-state index contributed by atoms with van der Waals surface area (Å²) in [4.78, 5) is 11.5. The molecule has 1 aliphatic carbocycles. The zero-order valence-corrected chi connectivity index (χ0v) is 10.9. The van der Waals surface area contributed by atoms with Crippen molar-refractivity contribution in [2.75, 3.05) is 13.2 Å². The SMILES string of the molecule is CC(C)(C)OC(=O)NC1CCC(NCCF)C1. The molecule has 100 valence electrons. The predicted octanol–water partition coefficient (Wildman–Crippen LogP) is 1.99. The van der Waals surface area contributed by atoms with Gasteiger partial charge in [-0.15, -0.1) is 0 Å². The molecule has 0 bridgehead atoms. The third-order valence-corrected chi connectivity index (χ3v) is 2.68. The third-order valence-electron chi connectivity index (χ3n) is 2.68. The van der Waals surface area contributed by atoms with Crippen LogP contribution in [0.15, 0.2) is 0 Å². The van der Waals surface area contributed by atoms with Crippen LogP contribution in [0.5, 0.6) is 0 Å². The highest BCUT2D eigenvalue weighted by molar-refractivity contribution is 5.68. The van der Waals surface area contributed by atoms with E-state index in [1.165, 1.54) is 0 Å². The van der Waals surface area contributed by atoms with Crippen molar-refractivity contribution in [2.45, 2.75) is 57.7 Å². The van der Waals surface area contributed by atoms with Crippen molar-refractivity contribution < 1.29 is 13.9 Å². The van der Waals surface area contributed by atoms with Crippen LogP contribution in [0.4, 0.5) is 9.18 Å². The highest BCUT2D eigenvalue weighted by Gasteiger charge is 2.27. The van der Waals surface area contributed by atoms with Gasteiger partial charge in [0.15, 0.2) is 0 Å². The fourth-order valence-electron chi connectivity index (χ4n) is 2.03. The van der Waals surface area contributed by atoms with Gasteiger partial charge in [-0.05, 0) is 40.0 Å². The largest absolute Gasteiger partial charge is 0.444 e. The molecule has 5 heteroatoms. The molecule has 2 atom stereocenters. The molecule has 0 aromatic carbocycles. The molecule has 0 aliphatic heterocycles. The lowest BCUT2D eigenvalue weighted by Crippen LogP contribution is -2.39. The van der Waals surface area contributed by atoms with E-state index < -0.39 is 5.60 Å². The second kappa shape index (κ2) is 6.19. The molecule has 1 rings (SSSR count). The zero-order chi connectivity index (χ0) is 12.9. The number of halogens is 1. The summed E-state index contributed by atoms with van der Waals surface area (Å²) >= 11 is 0. The molecular weight excluding hydrogens is 223 g/mol. The molecule has 0 aromatic rings. The molecule has 1 saturated carbocycles. The number of hydrogen-bond donors (Lipinski definition) is 2. The lowest BCUT2D eigenvalue weighted by Gasteiger charge is -2.21. The van der Waals surface area contributed by atoms with Crippen LogP contribution in [0, 0.1) is 0 Å². The Labute approximate surface area is 102 Å². The van der Waals surface area contributed by atoms with Crippen molar-refractivity contribution in [2.24, 2.45) is 0 Å². The summed E-state index contributed by atoms with van der Waals surface area (Å²) in [5, 5.41) is 5.96. The van der Waals surface area contributed by atoms with E-state index in [2.05, 4.69) is 10.6 Å². The average molecular weight is 246 g/mol. The Morgan fingerprint density at radius 3 is 2.59 bits per heavy atom. The van der Waals surface area contributed by atoms with E-state index in [-0.39, 0.29) is 18.8 Å². The first-order chi connectivity index (χ1) is 7.90. The van der Waals surface area contributed by atoms with Crippen molar-refractivity contribution in [3.8, 4) is 0 Å². The average Bonchev–Trinajstić information content (AvgIpc) is 2.59. The van der Waals surface area contributed by atoms with Crippen LogP contribution in [-0.4, -0.2) is 37.0 Å². The molecule has 4 nitrogen and oxygen atoms in total. The van der Waals surface area contributed by atoms with Gasteiger partial charge < -0.3 is 15.4 Å². The fourth-order valence-corrected chi connectivity index (χ4v) is 2.03. The standard InChI is InChI=1S/C12H23FN2O2/c1-12(2,3)17-11(16)15-10-5-4-9(8-10)14-7-6-13/h9-10,14H,4-8H2,1-3H3,(H,15,16). The minimum Gasteiger partial charge on any atom is -0.444 e. The summed E-state index contributed by atoms with van der Waals surface area (Å²) in [5.41, 5.74) is -0.464. The van der Waals surface area contributed by atoms with Crippen LogP contribution < -0.4 is 10.6 Å². The van der Waals surface area contributed by atoms with Crippen LogP contribution in [0.25, 0.3) is 0 Å². The number of ether oxygens (including phenoxy) is 1. The summed E-state index contributed by atoms with van der Waals surface area (Å²) in [6, 6.07) is 0.452. The van der Waals surface area contributed by atoms with E-state index in [1.807, 2.05) is 20.8 Å². The van der Waals surface area contributed by atoms with Gasteiger partial charge >= 0.3 is 6.09 Å². The molecule has 0 heterocycles. The highest BCUT2D eigenvalue weighted by atomic mass is 19.1. The predicted molar refractivity (Wildman–Crippen MR) is 64.8 cm³/mol. The minimum atomic E-state index is -0.464. The van der Waals surface area contributed by atoms with Gasteiger partial charge in [-0.2, -0.15) is 0 Å². The fraction of sp³-hybridized carbons (Fsp3) is 0.917. The lowest BCUT2D eigenvalue weighted by molar-refractivity contribution is 0.0505. The molecule has 1 aliphatic rings. The minimum absolute atomic E-state index is 0.141. The molecule has 1 amide bonds. The summed E-state index contributed by atoms with van der Waals surface area (Å²) in [7, 11) is 0. The smallest absolute Gasteiger partial charge is 0.407 e.